The summed E-state index contributed by atoms with van der Waals surface area (Å²) in [5.74, 6) is -0.645. The van der Waals surface area contributed by atoms with Gasteiger partial charge >= 0.3 is 0 Å². The lowest BCUT2D eigenvalue weighted by Gasteiger charge is -2.26. The molecule has 1 aliphatic heterocycles. The van der Waals surface area contributed by atoms with Gasteiger partial charge in [0.15, 0.2) is 5.69 Å². The van der Waals surface area contributed by atoms with E-state index in [0.717, 1.165) is 12.1 Å². The minimum absolute atomic E-state index is 0.0620. The Morgan fingerprint density at radius 1 is 1.48 bits per heavy atom. The Bertz CT molecular complexity index is 754. The molecular formula is C18H22FN3O3. The third-order valence-corrected chi connectivity index (χ3v) is 4.62. The van der Waals surface area contributed by atoms with Gasteiger partial charge in [0.2, 0.25) is 0 Å². The number of ether oxygens (including phenoxy) is 1. The van der Waals surface area contributed by atoms with Crippen LogP contribution in [0.3, 0.4) is 0 Å². The molecule has 1 amide bonds. The minimum atomic E-state index is -0.356. The van der Waals surface area contributed by atoms with Gasteiger partial charge in [-0.1, -0.05) is 6.07 Å². The highest BCUT2D eigenvalue weighted by Gasteiger charge is 2.35. The molecule has 0 spiro atoms. The van der Waals surface area contributed by atoms with Crippen molar-refractivity contribution in [2.75, 3.05) is 26.4 Å². The SMILES string of the molecule is Cc1cc(C(=O)NCC2(CCO)CCOC2)nn1-c1cccc(F)c1. The van der Waals surface area contributed by atoms with Crippen molar-refractivity contribution in [3.8, 4) is 5.69 Å². The number of hydrogen-bond donors (Lipinski definition) is 2. The summed E-state index contributed by atoms with van der Waals surface area (Å²) < 4.78 is 20.4. The monoisotopic (exact) mass is 347 g/mol. The van der Waals surface area contributed by atoms with Gasteiger partial charge in [0.25, 0.3) is 5.91 Å². The Morgan fingerprint density at radius 3 is 3.00 bits per heavy atom. The van der Waals surface area contributed by atoms with Gasteiger partial charge in [-0.2, -0.15) is 5.10 Å². The molecule has 1 aromatic carbocycles. The number of amides is 1. The van der Waals surface area contributed by atoms with Crippen LogP contribution < -0.4 is 5.32 Å². The molecule has 0 aliphatic carbocycles. The number of carbonyl (C=O) groups is 1. The number of nitrogens with zero attached hydrogens (tertiary/aromatic N) is 2. The minimum Gasteiger partial charge on any atom is -0.396 e. The summed E-state index contributed by atoms with van der Waals surface area (Å²) in [5, 5.41) is 16.4. The lowest BCUT2D eigenvalue weighted by atomic mass is 9.84. The number of halogens is 1. The first kappa shape index (κ1) is 17.6. The molecule has 1 unspecified atom stereocenters. The van der Waals surface area contributed by atoms with Crippen LogP contribution in [-0.4, -0.2) is 47.2 Å². The summed E-state index contributed by atoms with van der Waals surface area (Å²) in [7, 11) is 0. The molecule has 1 saturated heterocycles. The number of aromatic nitrogens is 2. The van der Waals surface area contributed by atoms with Gasteiger partial charge in [-0.3, -0.25) is 4.79 Å². The van der Waals surface area contributed by atoms with Crippen molar-refractivity contribution in [1.29, 1.82) is 0 Å². The molecule has 0 saturated carbocycles. The second-order valence-corrected chi connectivity index (χ2v) is 6.52. The number of nitrogens with one attached hydrogen (secondary N) is 1. The van der Waals surface area contributed by atoms with E-state index in [0.29, 0.717) is 31.9 Å². The topological polar surface area (TPSA) is 76.4 Å². The predicted octanol–water partition coefficient (Wildman–Crippen LogP) is 1.84. The van der Waals surface area contributed by atoms with Crippen LogP contribution in [0.2, 0.25) is 0 Å². The van der Waals surface area contributed by atoms with E-state index in [1.165, 1.54) is 12.1 Å². The van der Waals surface area contributed by atoms with Gasteiger partial charge in [0, 0.05) is 30.9 Å². The summed E-state index contributed by atoms with van der Waals surface area (Å²) in [5.41, 5.74) is 1.37. The van der Waals surface area contributed by atoms with Gasteiger partial charge in [0.05, 0.1) is 12.3 Å². The van der Waals surface area contributed by atoms with E-state index in [1.54, 1.807) is 22.9 Å². The van der Waals surface area contributed by atoms with Crippen molar-refractivity contribution in [2.45, 2.75) is 19.8 Å². The zero-order valence-corrected chi connectivity index (χ0v) is 14.2. The Kier molecular flexibility index (Phi) is 5.15. The van der Waals surface area contributed by atoms with Crippen LogP contribution >= 0.6 is 0 Å². The highest BCUT2D eigenvalue weighted by Crippen LogP contribution is 2.31. The number of benzene rings is 1. The van der Waals surface area contributed by atoms with Crippen LogP contribution in [0.4, 0.5) is 4.39 Å². The zero-order valence-electron chi connectivity index (χ0n) is 14.2. The predicted molar refractivity (Wildman–Crippen MR) is 90.2 cm³/mol. The normalized spacial score (nSPS) is 20.0. The van der Waals surface area contributed by atoms with Crippen LogP contribution in [0.15, 0.2) is 30.3 Å². The largest absolute Gasteiger partial charge is 0.396 e. The number of aryl methyl sites for hydroxylation is 1. The molecule has 0 bridgehead atoms. The average Bonchev–Trinajstić information content (AvgIpc) is 3.20. The number of rotatable bonds is 6. The third-order valence-electron chi connectivity index (χ3n) is 4.62. The Balaban J connectivity index is 1.72. The molecule has 1 aromatic heterocycles. The van der Waals surface area contributed by atoms with Crippen LogP contribution in [0.5, 0.6) is 0 Å². The second-order valence-electron chi connectivity index (χ2n) is 6.52. The van der Waals surface area contributed by atoms with Crippen molar-refractivity contribution in [2.24, 2.45) is 5.41 Å². The van der Waals surface area contributed by atoms with Gasteiger partial charge in [-0.05, 0) is 44.0 Å². The average molecular weight is 347 g/mol. The number of aliphatic hydroxyl groups excluding tert-OH is 1. The summed E-state index contributed by atoms with van der Waals surface area (Å²) >= 11 is 0. The number of aliphatic hydroxyl groups is 1. The van der Waals surface area contributed by atoms with Crippen LogP contribution in [0.1, 0.15) is 29.0 Å². The van der Waals surface area contributed by atoms with E-state index in [-0.39, 0.29) is 29.4 Å². The lowest BCUT2D eigenvalue weighted by Crippen LogP contribution is -2.39. The molecule has 134 valence electrons. The van der Waals surface area contributed by atoms with E-state index in [1.807, 2.05) is 6.92 Å². The second kappa shape index (κ2) is 7.33. The van der Waals surface area contributed by atoms with Crippen molar-refractivity contribution < 1.29 is 19.0 Å². The van der Waals surface area contributed by atoms with Crippen LogP contribution in [-0.2, 0) is 4.74 Å². The Labute approximate surface area is 145 Å². The van der Waals surface area contributed by atoms with E-state index < -0.39 is 0 Å². The Morgan fingerprint density at radius 2 is 2.32 bits per heavy atom. The maximum Gasteiger partial charge on any atom is 0.271 e. The molecule has 1 atom stereocenters. The summed E-state index contributed by atoms with van der Waals surface area (Å²) in [6.45, 7) is 3.48. The van der Waals surface area contributed by atoms with Crippen molar-refractivity contribution >= 4 is 5.91 Å². The molecule has 7 heteroatoms. The standard InChI is InChI=1S/C18H22FN3O3/c1-13-9-16(21-22(13)15-4-2-3-14(19)10-15)17(24)20-11-18(5-7-23)6-8-25-12-18/h2-4,9-10,23H,5-8,11-12H2,1H3,(H,20,24). The molecule has 2 aromatic rings. The van der Waals surface area contributed by atoms with Gasteiger partial charge in [-0.25, -0.2) is 9.07 Å². The highest BCUT2D eigenvalue weighted by atomic mass is 19.1. The molecule has 1 fully saturated rings. The smallest absolute Gasteiger partial charge is 0.271 e. The molecule has 1 aliphatic rings. The van der Waals surface area contributed by atoms with Crippen molar-refractivity contribution in [1.82, 2.24) is 15.1 Å². The lowest BCUT2D eigenvalue weighted by molar-refractivity contribution is 0.0884. The first-order chi connectivity index (χ1) is 12.0. The van der Waals surface area contributed by atoms with Crippen LogP contribution in [0, 0.1) is 18.2 Å². The molecule has 2 N–H and O–H groups in total. The van der Waals surface area contributed by atoms with Gasteiger partial charge in [-0.15, -0.1) is 0 Å². The first-order valence-electron chi connectivity index (χ1n) is 8.32. The molecule has 2 heterocycles. The zero-order chi connectivity index (χ0) is 17.9. The summed E-state index contributed by atoms with van der Waals surface area (Å²) in [6.07, 6.45) is 1.40. The number of carbonyl (C=O) groups excluding carboxylic acids is 1. The maximum absolute atomic E-state index is 13.4. The van der Waals surface area contributed by atoms with E-state index >= 15 is 0 Å². The molecule has 6 nitrogen and oxygen atoms in total. The van der Waals surface area contributed by atoms with Crippen LogP contribution in [0.25, 0.3) is 5.69 Å². The van der Waals surface area contributed by atoms with E-state index in [2.05, 4.69) is 10.4 Å². The summed E-state index contributed by atoms with van der Waals surface area (Å²) in [6, 6.07) is 7.74. The van der Waals surface area contributed by atoms with Crippen molar-refractivity contribution in [3.05, 3.63) is 47.5 Å². The maximum atomic E-state index is 13.4. The van der Waals surface area contributed by atoms with Gasteiger partial charge in [0.1, 0.15) is 5.82 Å². The van der Waals surface area contributed by atoms with Crippen molar-refractivity contribution in [3.63, 3.8) is 0 Å². The molecular weight excluding hydrogens is 325 g/mol. The fourth-order valence-electron chi connectivity index (χ4n) is 3.12. The van der Waals surface area contributed by atoms with E-state index in [9.17, 15) is 14.3 Å². The third kappa shape index (κ3) is 3.88. The highest BCUT2D eigenvalue weighted by molar-refractivity contribution is 5.92. The fraction of sp³-hybridized carbons (Fsp3) is 0.444. The molecule has 3 rings (SSSR count). The number of hydrogen-bond acceptors (Lipinski definition) is 4. The van der Waals surface area contributed by atoms with E-state index in [4.69, 9.17) is 4.74 Å². The summed E-state index contributed by atoms with van der Waals surface area (Å²) in [4.78, 5) is 12.4. The first-order valence-corrected chi connectivity index (χ1v) is 8.32. The Hall–Kier alpha value is -2.25. The molecule has 0 radical (unpaired) electrons. The quantitative estimate of drug-likeness (QED) is 0.836. The molecule has 25 heavy (non-hydrogen) atoms. The van der Waals surface area contributed by atoms with Gasteiger partial charge < -0.3 is 15.2 Å². The fourth-order valence-corrected chi connectivity index (χ4v) is 3.12.